The molecule has 100 valence electrons. The predicted molar refractivity (Wildman–Crippen MR) is 73.1 cm³/mol. The highest BCUT2D eigenvalue weighted by Crippen LogP contribution is 2.30. The van der Waals surface area contributed by atoms with Crippen molar-refractivity contribution in [3.8, 4) is 0 Å². The smallest absolute Gasteiger partial charge is 0.241 e. The summed E-state index contributed by atoms with van der Waals surface area (Å²) in [6.45, 7) is 3.79. The van der Waals surface area contributed by atoms with Crippen LogP contribution >= 0.6 is 11.6 Å². The Bertz CT molecular complexity index is 566. The molecule has 4 nitrogen and oxygen atoms in total. The fraction of sp³-hybridized carbons (Fsp3) is 0.500. The van der Waals surface area contributed by atoms with Gasteiger partial charge < -0.3 is 5.73 Å². The molecule has 2 rings (SSSR count). The van der Waals surface area contributed by atoms with E-state index in [1.54, 1.807) is 13.0 Å². The molecular weight excluding hydrogens is 272 g/mol. The van der Waals surface area contributed by atoms with Gasteiger partial charge in [0.2, 0.25) is 10.0 Å². The Morgan fingerprint density at radius 1 is 1.39 bits per heavy atom. The highest BCUT2D eigenvalue weighted by molar-refractivity contribution is 7.89. The minimum Gasteiger partial charge on any atom is -0.398 e. The van der Waals surface area contributed by atoms with Gasteiger partial charge in [0.15, 0.2) is 0 Å². The van der Waals surface area contributed by atoms with Crippen molar-refractivity contribution in [3.63, 3.8) is 0 Å². The molecule has 0 spiro atoms. The van der Waals surface area contributed by atoms with Crippen molar-refractivity contribution >= 4 is 27.3 Å². The highest BCUT2D eigenvalue weighted by Gasteiger charge is 2.30. The first-order valence-electron chi connectivity index (χ1n) is 5.87. The number of halogens is 1. The lowest BCUT2D eigenvalue weighted by Gasteiger charge is -2.33. The molecule has 1 aromatic rings. The van der Waals surface area contributed by atoms with Crippen molar-refractivity contribution in [3.05, 3.63) is 22.7 Å². The molecule has 0 bridgehead atoms. The monoisotopic (exact) mass is 288 g/mol. The van der Waals surface area contributed by atoms with Gasteiger partial charge in [0, 0.05) is 16.8 Å². The van der Waals surface area contributed by atoms with Crippen molar-refractivity contribution in [2.24, 2.45) is 5.92 Å². The van der Waals surface area contributed by atoms with Crippen LogP contribution in [0.5, 0.6) is 0 Å². The Balaban J connectivity index is 2.29. The van der Waals surface area contributed by atoms with E-state index in [9.17, 15) is 8.42 Å². The summed E-state index contributed by atoms with van der Waals surface area (Å²) in [6.07, 6.45) is 1.77. The van der Waals surface area contributed by atoms with Crippen molar-refractivity contribution in [1.29, 1.82) is 0 Å². The van der Waals surface area contributed by atoms with Gasteiger partial charge in [-0.05, 0) is 43.4 Å². The van der Waals surface area contributed by atoms with Crippen molar-refractivity contribution in [2.75, 3.05) is 5.73 Å². The van der Waals surface area contributed by atoms with Gasteiger partial charge in [-0.1, -0.05) is 18.5 Å². The zero-order valence-electron chi connectivity index (χ0n) is 10.4. The topological polar surface area (TPSA) is 72.2 Å². The molecule has 0 heterocycles. The van der Waals surface area contributed by atoms with Crippen molar-refractivity contribution in [1.82, 2.24) is 4.72 Å². The molecule has 0 atom stereocenters. The van der Waals surface area contributed by atoms with Crippen LogP contribution in [0.2, 0.25) is 5.02 Å². The van der Waals surface area contributed by atoms with Crippen LogP contribution in [-0.4, -0.2) is 14.5 Å². The number of hydrogen-bond acceptors (Lipinski definition) is 3. The first-order chi connectivity index (χ1) is 8.29. The van der Waals surface area contributed by atoms with Crippen LogP contribution < -0.4 is 10.5 Å². The zero-order chi connectivity index (χ0) is 13.5. The third-order valence-corrected chi connectivity index (χ3v) is 5.22. The summed E-state index contributed by atoms with van der Waals surface area (Å²) in [5.41, 5.74) is 6.68. The number of rotatable bonds is 3. The summed E-state index contributed by atoms with van der Waals surface area (Å²) in [5, 5.41) is 0.334. The normalized spacial score (nSPS) is 23.7. The fourth-order valence-corrected chi connectivity index (χ4v) is 4.09. The molecule has 1 aliphatic rings. The van der Waals surface area contributed by atoms with E-state index in [1.165, 1.54) is 6.07 Å². The Morgan fingerprint density at radius 3 is 2.56 bits per heavy atom. The minimum absolute atomic E-state index is 0.0320. The third-order valence-electron chi connectivity index (χ3n) is 3.35. The van der Waals surface area contributed by atoms with Gasteiger partial charge in [0.1, 0.15) is 0 Å². The largest absolute Gasteiger partial charge is 0.398 e. The maximum Gasteiger partial charge on any atom is 0.241 e. The number of benzene rings is 1. The summed E-state index contributed by atoms with van der Waals surface area (Å²) < 4.78 is 27.2. The maximum absolute atomic E-state index is 12.2. The molecule has 1 fully saturated rings. The average Bonchev–Trinajstić information content (AvgIpc) is 2.20. The number of nitrogens with two attached hydrogens (primary N) is 1. The summed E-state index contributed by atoms with van der Waals surface area (Å²) in [7, 11) is -3.53. The number of nitrogen functional groups attached to an aromatic ring is 1. The van der Waals surface area contributed by atoms with Crippen LogP contribution in [0, 0.1) is 12.8 Å². The van der Waals surface area contributed by atoms with E-state index in [4.69, 9.17) is 17.3 Å². The van der Waals surface area contributed by atoms with E-state index < -0.39 is 10.0 Å². The SMILES string of the molecule is Cc1c(N)cc(Cl)cc1S(=O)(=O)NC1CC(C)C1. The standard InChI is InChI=1S/C12H17ClN2O2S/c1-7-3-10(4-7)15-18(16,17)12-6-9(13)5-11(14)8(12)2/h5-7,10,15H,3-4,14H2,1-2H3. The van der Waals surface area contributed by atoms with E-state index in [0.29, 0.717) is 22.2 Å². The first kappa shape index (κ1) is 13.6. The lowest BCUT2D eigenvalue weighted by Crippen LogP contribution is -2.43. The molecule has 1 saturated carbocycles. The Labute approximate surface area is 113 Å². The van der Waals surface area contributed by atoms with Crippen LogP contribution in [-0.2, 0) is 10.0 Å². The minimum atomic E-state index is -3.53. The molecule has 1 aromatic carbocycles. The van der Waals surface area contributed by atoms with E-state index in [2.05, 4.69) is 11.6 Å². The molecule has 0 radical (unpaired) electrons. The molecule has 0 aromatic heterocycles. The molecule has 0 aliphatic heterocycles. The summed E-state index contributed by atoms with van der Waals surface area (Å²) in [5.74, 6) is 0.586. The first-order valence-corrected chi connectivity index (χ1v) is 7.73. The van der Waals surface area contributed by atoms with Gasteiger partial charge in [-0.3, -0.25) is 0 Å². The molecule has 18 heavy (non-hydrogen) atoms. The molecule has 6 heteroatoms. The maximum atomic E-state index is 12.2. The van der Waals surface area contributed by atoms with Crippen LogP contribution in [0.4, 0.5) is 5.69 Å². The second-order valence-corrected chi connectivity index (χ2v) is 7.13. The van der Waals surface area contributed by atoms with E-state index in [0.717, 1.165) is 12.8 Å². The molecule has 3 N–H and O–H groups in total. The zero-order valence-corrected chi connectivity index (χ0v) is 12.0. The van der Waals surface area contributed by atoms with Crippen LogP contribution in [0.25, 0.3) is 0 Å². The molecule has 0 amide bonds. The van der Waals surface area contributed by atoms with Gasteiger partial charge in [-0.15, -0.1) is 0 Å². The average molecular weight is 289 g/mol. The summed E-state index contributed by atoms with van der Waals surface area (Å²) in [4.78, 5) is 0.173. The van der Waals surface area contributed by atoms with Crippen molar-refractivity contribution in [2.45, 2.75) is 37.6 Å². The lowest BCUT2D eigenvalue weighted by atomic mass is 9.83. The second-order valence-electron chi connectivity index (χ2n) is 5.01. The summed E-state index contributed by atoms with van der Waals surface area (Å²) in [6, 6.07) is 3.03. The number of hydrogen-bond donors (Lipinski definition) is 2. The lowest BCUT2D eigenvalue weighted by molar-refractivity contribution is 0.270. The highest BCUT2D eigenvalue weighted by atomic mass is 35.5. The van der Waals surface area contributed by atoms with Gasteiger partial charge in [-0.2, -0.15) is 0 Å². The van der Waals surface area contributed by atoms with Gasteiger partial charge in [0.05, 0.1) is 4.90 Å². The molecule has 0 saturated heterocycles. The van der Waals surface area contributed by atoms with Crippen molar-refractivity contribution < 1.29 is 8.42 Å². The van der Waals surface area contributed by atoms with E-state index in [-0.39, 0.29) is 10.9 Å². The number of sulfonamides is 1. The van der Waals surface area contributed by atoms with E-state index in [1.807, 2.05) is 0 Å². The third kappa shape index (κ3) is 2.63. The molecule has 1 aliphatic carbocycles. The van der Waals surface area contributed by atoms with Gasteiger partial charge >= 0.3 is 0 Å². The number of nitrogens with one attached hydrogen (secondary N) is 1. The van der Waals surface area contributed by atoms with Gasteiger partial charge in [0.25, 0.3) is 0 Å². The quantitative estimate of drug-likeness (QED) is 0.838. The molecular formula is C12H17ClN2O2S. The van der Waals surface area contributed by atoms with Gasteiger partial charge in [-0.25, -0.2) is 13.1 Å². The Hall–Kier alpha value is -0.780. The van der Waals surface area contributed by atoms with E-state index >= 15 is 0 Å². The fourth-order valence-electron chi connectivity index (χ4n) is 2.23. The Morgan fingerprint density at radius 2 is 2.00 bits per heavy atom. The molecule has 0 unspecified atom stereocenters. The number of anilines is 1. The second kappa shape index (κ2) is 4.72. The summed E-state index contributed by atoms with van der Waals surface area (Å²) >= 11 is 5.86. The van der Waals surface area contributed by atoms with Crippen LogP contribution in [0.3, 0.4) is 0 Å². The van der Waals surface area contributed by atoms with Crippen LogP contribution in [0.15, 0.2) is 17.0 Å². The Kier molecular flexibility index (Phi) is 3.58. The van der Waals surface area contributed by atoms with Crippen LogP contribution in [0.1, 0.15) is 25.3 Å². The predicted octanol–water partition coefficient (Wildman–Crippen LogP) is 2.31.